The van der Waals surface area contributed by atoms with Gasteiger partial charge in [0.05, 0.1) is 5.76 Å². The number of benzene rings is 3. The van der Waals surface area contributed by atoms with Crippen molar-refractivity contribution in [1.29, 1.82) is 0 Å². The molecule has 2 saturated carbocycles. The summed E-state index contributed by atoms with van der Waals surface area (Å²) in [6.45, 7) is 89.1. The number of allylic oxidation sites excluding steroid dienone is 2. The second-order valence-electron chi connectivity index (χ2n) is 46.8. The molecule has 6 aliphatic heterocycles. The topological polar surface area (TPSA) is 48.9 Å². The Hall–Kier alpha value is -3.85. The lowest BCUT2D eigenvalue weighted by Gasteiger charge is -2.37. The molecule has 0 bridgehead atoms. The molecule has 8 aliphatic rings. The molecular formula is C121H225F5N6O2. The fourth-order valence-corrected chi connectivity index (χ4v) is 17.8. The second-order valence-corrected chi connectivity index (χ2v) is 46.8. The Labute approximate surface area is 831 Å². The summed E-state index contributed by atoms with van der Waals surface area (Å²) in [5, 5.41) is 8.53. The third-order valence-electron chi connectivity index (χ3n) is 25.8. The zero-order valence-electron chi connectivity index (χ0n) is 93.9. The van der Waals surface area contributed by atoms with Gasteiger partial charge < -0.3 is 34.3 Å². The minimum Gasteiger partial charge on any atom is -0.513 e. The Balaban J connectivity index is 0. The summed E-state index contributed by atoms with van der Waals surface area (Å²) in [7, 11) is 1.72. The lowest BCUT2D eigenvalue weighted by Crippen LogP contribution is -2.39. The van der Waals surface area contributed by atoms with Crippen molar-refractivity contribution in [2.45, 2.75) is 443 Å². The van der Waals surface area contributed by atoms with Crippen LogP contribution in [0.3, 0.4) is 0 Å². The van der Waals surface area contributed by atoms with Crippen LogP contribution >= 0.6 is 0 Å². The first-order valence-corrected chi connectivity index (χ1v) is 55.6. The highest BCUT2D eigenvalue weighted by molar-refractivity contribution is 5.20. The number of alkyl halides is 5. The molecule has 6 saturated heterocycles. The highest BCUT2D eigenvalue weighted by Crippen LogP contribution is 2.41. The summed E-state index contributed by atoms with van der Waals surface area (Å²) in [5.74, 6) is 10.5. The van der Waals surface area contributed by atoms with Crippen LogP contribution in [0.15, 0.2) is 116 Å². The van der Waals surface area contributed by atoms with Gasteiger partial charge in [-0.2, -0.15) is 13.2 Å². The third kappa shape index (κ3) is 80.8. The molecule has 0 amide bonds. The molecule has 8 fully saturated rings. The number of likely N-dealkylation sites (tertiary alicyclic amines) is 6. The fourth-order valence-electron chi connectivity index (χ4n) is 17.8. The van der Waals surface area contributed by atoms with E-state index in [4.69, 9.17) is 9.84 Å². The Morgan fingerprint density at radius 3 is 1.08 bits per heavy atom. The molecule has 8 nitrogen and oxygen atoms in total. The summed E-state index contributed by atoms with van der Waals surface area (Å²) < 4.78 is 64.6. The van der Waals surface area contributed by atoms with Crippen molar-refractivity contribution in [3.05, 3.63) is 132 Å². The molecule has 786 valence electrons. The van der Waals surface area contributed by atoms with E-state index in [1.807, 2.05) is 13.8 Å². The molecule has 3 unspecified atom stereocenters. The normalized spacial score (nSPS) is 18.6. The van der Waals surface area contributed by atoms with E-state index in [1.54, 1.807) is 21.0 Å². The van der Waals surface area contributed by atoms with Crippen molar-refractivity contribution in [1.82, 2.24) is 29.4 Å². The lowest BCUT2D eigenvalue weighted by atomic mass is 9.79. The number of halogens is 5. The van der Waals surface area contributed by atoms with Gasteiger partial charge in [-0.25, -0.2) is 8.78 Å². The predicted octanol–water partition coefficient (Wildman–Crippen LogP) is 35.7. The van der Waals surface area contributed by atoms with Crippen LogP contribution in [0.25, 0.3) is 0 Å². The van der Waals surface area contributed by atoms with Gasteiger partial charge in [0.1, 0.15) is 0 Å². The van der Waals surface area contributed by atoms with E-state index < -0.39 is 18.5 Å². The largest absolute Gasteiger partial charge is 0.513 e. The van der Waals surface area contributed by atoms with Crippen LogP contribution in [0, 0.1) is 94.7 Å². The zero-order valence-corrected chi connectivity index (χ0v) is 93.9. The molecular weight excluding hydrogens is 1660 g/mol. The maximum Gasteiger partial charge on any atom is 0.389 e. The number of ether oxygens (including phenoxy) is 1. The highest BCUT2D eigenvalue weighted by Gasteiger charge is 2.38. The monoisotopic (exact) mass is 1890 g/mol. The van der Waals surface area contributed by atoms with E-state index in [-0.39, 0.29) is 30.9 Å². The summed E-state index contributed by atoms with van der Waals surface area (Å²) in [5.41, 5.74) is 5.75. The maximum absolute atomic E-state index is 12.7. The molecule has 6 heterocycles. The van der Waals surface area contributed by atoms with Gasteiger partial charge in [0.25, 0.3) is 5.92 Å². The van der Waals surface area contributed by atoms with Crippen LogP contribution in [-0.2, 0) is 17.6 Å². The van der Waals surface area contributed by atoms with Crippen LogP contribution in [0.5, 0.6) is 0 Å². The van der Waals surface area contributed by atoms with Crippen molar-refractivity contribution in [3.8, 4) is 0 Å². The van der Waals surface area contributed by atoms with E-state index in [2.05, 4.69) is 307 Å². The van der Waals surface area contributed by atoms with Crippen LogP contribution in [-0.4, -0.2) is 164 Å². The molecule has 0 spiro atoms. The summed E-state index contributed by atoms with van der Waals surface area (Å²) in [6, 6.07) is 34.9. The Morgan fingerprint density at radius 1 is 0.381 bits per heavy atom. The first kappa shape index (κ1) is 132. The van der Waals surface area contributed by atoms with Crippen molar-refractivity contribution < 1.29 is 31.8 Å². The molecule has 11 rings (SSSR count). The van der Waals surface area contributed by atoms with Crippen LogP contribution in [0.4, 0.5) is 22.0 Å². The van der Waals surface area contributed by atoms with E-state index in [9.17, 15) is 22.0 Å². The average molecular weight is 1890 g/mol. The second kappa shape index (κ2) is 80.7. The SMILES string of the molecule is C=C(CC(C)C)N1CCCC1.C=C(O)CC(C)C.CC(C)CC(C)C.CC(C)CCC(F)(F)F.CC(C)CCN1CCC(F)(F)CC1.CC(C)CCN1CCCC1C1CC1.CC(C)CCN1CCCC1C1CCC1.CC(C)CCN1CCCC1c1ccccc1.CC(C)CCN1CCCCC1.CC(C)CCc1ccccc1.CC(C)Cc1ccccc1.CCCC(C)C.COCC(C)C. The number of hydrogen-bond acceptors (Lipinski definition) is 8. The molecule has 3 atom stereocenters. The van der Waals surface area contributed by atoms with Gasteiger partial charge in [0, 0.05) is 89.4 Å². The lowest BCUT2D eigenvalue weighted by molar-refractivity contribution is -0.137. The van der Waals surface area contributed by atoms with Gasteiger partial charge in [-0.15, -0.1) is 0 Å². The number of piperidine rings is 2. The third-order valence-corrected chi connectivity index (χ3v) is 25.8. The quantitative estimate of drug-likeness (QED) is 0.0457. The molecule has 2 aliphatic carbocycles. The first-order valence-electron chi connectivity index (χ1n) is 55.6. The van der Waals surface area contributed by atoms with Gasteiger partial charge in [-0.1, -0.05) is 331 Å². The van der Waals surface area contributed by atoms with E-state index in [0.29, 0.717) is 36.9 Å². The molecule has 0 aromatic heterocycles. The Bertz CT molecular complexity index is 3030. The van der Waals surface area contributed by atoms with E-state index >= 15 is 0 Å². The highest BCUT2D eigenvalue weighted by atomic mass is 19.4. The summed E-state index contributed by atoms with van der Waals surface area (Å²) >= 11 is 0. The molecule has 3 aromatic rings. The van der Waals surface area contributed by atoms with Gasteiger partial charge in [-0.3, -0.25) is 4.90 Å². The minimum absolute atomic E-state index is 0.0467. The summed E-state index contributed by atoms with van der Waals surface area (Å²) in [4.78, 5) is 15.4. The number of aliphatic hydroxyl groups is 1. The molecule has 0 radical (unpaired) electrons. The van der Waals surface area contributed by atoms with Crippen molar-refractivity contribution in [2.24, 2.45) is 94.7 Å². The van der Waals surface area contributed by atoms with Crippen molar-refractivity contribution in [2.75, 3.05) is 105 Å². The summed E-state index contributed by atoms with van der Waals surface area (Å²) in [6.07, 6.45) is 35.2. The predicted molar refractivity (Wildman–Crippen MR) is 584 cm³/mol. The zero-order chi connectivity index (χ0) is 102. The van der Waals surface area contributed by atoms with Crippen molar-refractivity contribution >= 4 is 0 Å². The number of nitrogens with zero attached hydrogens (tertiary/aromatic N) is 6. The molecule has 13 heteroatoms. The van der Waals surface area contributed by atoms with Gasteiger partial charge in [-0.05, 0) is 337 Å². The first-order chi connectivity index (χ1) is 63.1. The van der Waals surface area contributed by atoms with E-state index in [1.165, 1.54) is 268 Å². The Morgan fingerprint density at radius 2 is 0.761 bits per heavy atom. The number of hydrogen-bond donors (Lipinski definition) is 1. The van der Waals surface area contributed by atoms with Crippen LogP contribution in [0.2, 0.25) is 0 Å². The molecule has 3 aromatic carbocycles. The van der Waals surface area contributed by atoms with Gasteiger partial charge in [0.2, 0.25) is 0 Å². The maximum atomic E-state index is 12.7. The van der Waals surface area contributed by atoms with Crippen LogP contribution < -0.4 is 0 Å². The van der Waals surface area contributed by atoms with Gasteiger partial charge in [0.15, 0.2) is 0 Å². The van der Waals surface area contributed by atoms with Crippen molar-refractivity contribution in [3.63, 3.8) is 0 Å². The Kier molecular flexibility index (Phi) is 79.6. The number of methoxy groups -OCH3 is 1. The molecule has 134 heavy (non-hydrogen) atoms. The van der Waals surface area contributed by atoms with Gasteiger partial charge >= 0.3 is 6.18 Å². The number of rotatable bonds is 36. The van der Waals surface area contributed by atoms with Crippen LogP contribution in [0.1, 0.15) is 423 Å². The van der Waals surface area contributed by atoms with E-state index in [0.717, 1.165) is 109 Å². The standard InChI is InChI=1S/C15H23N.C13H25N.C12H23N.C11H16.C10H19F2N.C10H19N.C10H21N.C10H14.C7H16.C6H11F3.C6H12O.C6H14.C5H12O/c1-13(2)10-12-16-11-6-9-15(16)14-7-4-3-5-8-14;1-11(2)8-10-14-9-4-7-13(14)12-5-3-6-12;1-10(2)7-9-13-8-3-4-12(13)11-5-6-11;1-10(2)8-9-11-6-4-3-5-7-11;1-9(2)3-6-13-7-4-10(11,12)5-8-13;1-9(2)8-10(3)11-6-4-5-7-11;1-10(2)6-9-11-7-4-3-5-8-11;1-9(2)8-10-6-4-3-5-7-10;1-6(2)5-7(3)4;1-5(2)3-4-6(7,8)9;1-5(2)4-6(3)7;1-4-5-6(2)3;1-5(2)4-6-3/h3-5,7-8,13,15H,6,9-12H2,1-2H3;11-13H,3-10H2,1-2H3;10-12H,3-9H2,1-2H3;3-7,10H,8-9H2,1-2H3;9H,3-8H2,1-2H3;9H,3-8H2,1-2H3;10H,3-9H2,1-2H3;3-7,9H,8H2,1-2H3;6-7H,5H2,1-4H3;5H,3-4H2,1-2H3;5,7H,3-4H2,1-2H3;6H,4-5H2,1-3H3;5H,4H2,1-3H3. The minimum atomic E-state index is -3.97. The number of aliphatic hydroxyl groups excluding tert-OH is 1. The molecule has 1 N–H and O–H groups in total. The number of aryl methyl sites for hydroxylation is 1. The fraction of sp³-hybridized carbons (Fsp3) is 0.818. The average Bonchev–Trinajstić information content (AvgIpc) is 1.67. The smallest absolute Gasteiger partial charge is 0.389 e.